The van der Waals surface area contributed by atoms with E-state index >= 15 is 0 Å². The number of halogens is 1. The number of rotatable bonds is 4. The number of aryl methyl sites for hydroxylation is 1. The van der Waals surface area contributed by atoms with Gasteiger partial charge in [-0.15, -0.1) is 12.4 Å². The molecule has 0 saturated heterocycles. The Morgan fingerprint density at radius 2 is 2.23 bits per heavy atom. The maximum Gasteiger partial charge on any atom is 0.217 e. The van der Waals surface area contributed by atoms with Crippen LogP contribution in [0.4, 0.5) is 0 Å². The van der Waals surface area contributed by atoms with E-state index in [-0.39, 0.29) is 18.3 Å². The monoisotopic (exact) mass is 200 g/mol. The molecule has 72 valence electrons. The molecular formula is C9H13ClN2O. The lowest BCUT2D eigenvalue weighted by molar-refractivity contribution is -0.118. The quantitative estimate of drug-likeness (QED) is 0.797. The first kappa shape index (κ1) is 11.9. The SMILES string of the molecule is Cl.NC(=O)CCCc1ccccn1. The highest BCUT2D eigenvalue weighted by atomic mass is 35.5. The molecule has 0 bridgehead atoms. The first-order valence-electron chi connectivity index (χ1n) is 3.97. The van der Waals surface area contributed by atoms with Gasteiger partial charge in [-0.05, 0) is 25.0 Å². The first-order valence-corrected chi connectivity index (χ1v) is 3.97. The topological polar surface area (TPSA) is 56.0 Å². The molecule has 1 heterocycles. The van der Waals surface area contributed by atoms with Crippen LogP contribution in [0.5, 0.6) is 0 Å². The fraction of sp³-hybridized carbons (Fsp3) is 0.333. The number of nitrogens with zero attached hydrogens (tertiary/aromatic N) is 1. The van der Waals surface area contributed by atoms with Gasteiger partial charge in [0.25, 0.3) is 0 Å². The van der Waals surface area contributed by atoms with Gasteiger partial charge in [0.2, 0.25) is 5.91 Å². The minimum absolute atomic E-state index is 0. The van der Waals surface area contributed by atoms with Crippen molar-refractivity contribution in [2.24, 2.45) is 5.73 Å². The summed E-state index contributed by atoms with van der Waals surface area (Å²) in [7, 11) is 0. The molecule has 0 aliphatic heterocycles. The summed E-state index contributed by atoms with van der Waals surface area (Å²) in [6.07, 6.45) is 3.80. The summed E-state index contributed by atoms with van der Waals surface area (Å²) in [4.78, 5) is 14.5. The third-order valence-corrected chi connectivity index (χ3v) is 1.58. The van der Waals surface area contributed by atoms with Crippen LogP contribution in [-0.4, -0.2) is 10.9 Å². The lowest BCUT2D eigenvalue weighted by atomic mass is 10.2. The van der Waals surface area contributed by atoms with E-state index in [1.165, 1.54) is 0 Å². The second-order valence-electron chi connectivity index (χ2n) is 2.64. The van der Waals surface area contributed by atoms with Crippen LogP contribution in [-0.2, 0) is 11.2 Å². The molecule has 1 aromatic rings. The zero-order valence-corrected chi connectivity index (χ0v) is 8.09. The Morgan fingerprint density at radius 1 is 1.46 bits per heavy atom. The van der Waals surface area contributed by atoms with Crippen LogP contribution in [0.1, 0.15) is 18.5 Å². The number of hydrogen-bond acceptors (Lipinski definition) is 2. The van der Waals surface area contributed by atoms with Crippen molar-refractivity contribution < 1.29 is 4.79 Å². The number of amides is 1. The number of pyridine rings is 1. The number of aromatic nitrogens is 1. The average Bonchev–Trinajstić information content (AvgIpc) is 2.05. The molecule has 0 aliphatic carbocycles. The maximum atomic E-state index is 10.4. The maximum absolute atomic E-state index is 10.4. The molecule has 1 rings (SSSR count). The smallest absolute Gasteiger partial charge is 0.217 e. The van der Waals surface area contributed by atoms with Gasteiger partial charge in [-0.3, -0.25) is 9.78 Å². The van der Waals surface area contributed by atoms with E-state index in [0.717, 1.165) is 18.5 Å². The second kappa shape index (κ2) is 6.43. The van der Waals surface area contributed by atoms with Gasteiger partial charge in [0.15, 0.2) is 0 Å². The molecule has 2 N–H and O–H groups in total. The largest absolute Gasteiger partial charge is 0.370 e. The van der Waals surface area contributed by atoms with Crippen molar-refractivity contribution in [2.45, 2.75) is 19.3 Å². The van der Waals surface area contributed by atoms with E-state index in [4.69, 9.17) is 5.73 Å². The fourth-order valence-corrected chi connectivity index (χ4v) is 0.990. The zero-order valence-electron chi connectivity index (χ0n) is 7.27. The molecule has 0 aliphatic rings. The van der Waals surface area contributed by atoms with E-state index in [1.54, 1.807) is 6.20 Å². The van der Waals surface area contributed by atoms with Crippen LogP contribution < -0.4 is 5.73 Å². The molecule has 0 radical (unpaired) electrons. The van der Waals surface area contributed by atoms with Crippen LogP contribution in [0.2, 0.25) is 0 Å². The predicted octanol–water partition coefficient (Wildman–Crippen LogP) is 1.31. The third-order valence-electron chi connectivity index (χ3n) is 1.58. The highest BCUT2D eigenvalue weighted by molar-refractivity contribution is 5.85. The summed E-state index contributed by atoms with van der Waals surface area (Å²) in [6, 6.07) is 5.76. The summed E-state index contributed by atoms with van der Waals surface area (Å²) in [6.45, 7) is 0. The molecule has 0 fully saturated rings. The molecule has 1 amide bonds. The van der Waals surface area contributed by atoms with E-state index in [1.807, 2.05) is 18.2 Å². The highest BCUT2D eigenvalue weighted by Gasteiger charge is 1.96. The van der Waals surface area contributed by atoms with Crippen LogP contribution in [0.15, 0.2) is 24.4 Å². The summed E-state index contributed by atoms with van der Waals surface area (Å²) >= 11 is 0. The van der Waals surface area contributed by atoms with Gasteiger partial charge in [-0.2, -0.15) is 0 Å². The number of hydrogen-bond donors (Lipinski definition) is 1. The minimum Gasteiger partial charge on any atom is -0.370 e. The van der Waals surface area contributed by atoms with Gasteiger partial charge in [-0.25, -0.2) is 0 Å². The second-order valence-corrected chi connectivity index (χ2v) is 2.64. The summed E-state index contributed by atoms with van der Waals surface area (Å²) in [5.41, 5.74) is 6.01. The number of nitrogens with two attached hydrogens (primary N) is 1. The number of carbonyl (C=O) groups is 1. The van der Waals surface area contributed by atoms with Crippen molar-refractivity contribution in [1.29, 1.82) is 0 Å². The van der Waals surface area contributed by atoms with Gasteiger partial charge in [0, 0.05) is 18.3 Å². The number of primary amides is 1. The van der Waals surface area contributed by atoms with Crippen molar-refractivity contribution in [3.63, 3.8) is 0 Å². The summed E-state index contributed by atoms with van der Waals surface area (Å²) in [5, 5.41) is 0. The van der Waals surface area contributed by atoms with Crippen molar-refractivity contribution in [3.05, 3.63) is 30.1 Å². The van der Waals surface area contributed by atoms with E-state index in [2.05, 4.69) is 4.98 Å². The summed E-state index contributed by atoms with van der Waals surface area (Å²) in [5.74, 6) is -0.245. The van der Waals surface area contributed by atoms with Gasteiger partial charge in [0.1, 0.15) is 0 Å². The Kier molecular flexibility index (Phi) is 5.89. The molecule has 0 saturated carbocycles. The zero-order chi connectivity index (χ0) is 8.81. The summed E-state index contributed by atoms with van der Waals surface area (Å²) < 4.78 is 0. The Labute approximate surface area is 83.8 Å². The van der Waals surface area contributed by atoms with Crippen LogP contribution in [0.3, 0.4) is 0 Å². The molecule has 0 aromatic carbocycles. The fourth-order valence-electron chi connectivity index (χ4n) is 0.990. The molecule has 0 unspecified atom stereocenters. The molecule has 3 nitrogen and oxygen atoms in total. The Morgan fingerprint density at radius 3 is 2.77 bits per heavy atom. The molecular weight excluding hydrogens is 188 g/mol. The molecule has 13 heavy (non-hydrogen) atoms. The van der Waals surface area contributed by atoms with Crippen molar-refractivity contribution in [3.8, 4) is 0 Å². The normalized spacial score (nSPS) is 8.92. The van der Waals surface area contributed by atoms with E-state index < -0.39 is 0 Å². The average molecular weight is 201 g/mol. The van der Waals surface area contributed by atoms with Crippen molar-refractivity contribution in [1.82, 2.24) is 4.98 Å². The predicted molar refractivity (Wildman–Crippen MR) is 53.6 cm³/mol. The lowest BCUT2D eigenvalue weighted by Gasteiger charge is -1.96. The molecule has 0 spiro atoms. The molecule has 1 aromatic heterocycles. The van der Waals surface area contributed by atoms with E-state index in [9.17, 15) is 4.79 Å². The van der Waals surface area contributed by atoms with Crippen molar-refractivity contribution >= 4 is 18.3 Å². The minimum atomic E-state index is -0.245. The third kappa shape index (κ3) is 5.20. The molecule has 4 heteroatoms. The van der Waals surface area contributed by atoms with Gasteiger partial charge < -0.3 is 5.73 Å². The van der Waals surface area contributed by atoms with Crippen LogP contribution >= 0.6 is 12.4 Å². The van der Waals surface area contributed by atoms with Crippen LogP contribution in [0, 0.1) is 0 Å². The van der Waals surface area contributed by atoms with Gasteiger partial charge in [-0.1, -0.05) is 6.07 Å². The Balaban J connectivity index is 0.00000144. The van der Waals surface area contributed by atoms with Crippen LogP contribution in [0.25, 0.3) is 0 Å². The first-order chi connectivity index (χ1) is 5.79. The van der Waals surface area contributed by atoms with Gasteiger partial charge in [0.05, 0.1) is 0 Å². The standard InChI is InChI=1S/C9H12N2O.ClH/c10-9(12)6-3-5-8-4-1-2-7-11-8;/h1-2,4,7H,3,5-6H2,(H2,10,12);1H. The van der Waals surface area contributed by atoms with E-state index in [0.29, 0.717) is 6.42 Å². The number of carbonyl (C=O) groups excluding carboxylic acids is 1. The Hall–Kier alpha value is -1.09. The lowest BCUT2D eigenvalue weighted by Crippen LogP contribution is -2.10. The molecule has 0 atom stereocenters. The van der Waals surface area contributed by atoms with Gasteiger partial charge >= 0.3 is 0 Å². The Bertz CT molecular complexity index is 251. The van der Waals surface area contributed by atoms with Crippen molar-refractivity contribution in [2.75, 3.05) is 0 Å². The highest BCUT2D eigenvalue weighted by Crippen LogP contribution is 1.99.